The van der Waals surface area contributed by atoms with Crippen LogP contribution in [0.4, 0.5) is 0 Å². The van der Waals surface area contributed by atoms with Crippen molar-refractivity contribution < 1.29 is 0 Å². The molecule has 0 aliphatic carbocycles. The molecule has 0 aliphatic rings. The monoisotopic (exact) mass is 275 g/mol. The van der Waals surface area contributed by atoms with Gasteiger partial charge in [0.1, 0.15) is 0 Å². The molecule has 1 aromatic rings. The van der Waals surface area contributed by atoms with Gasteiger partial charge in [0, 0.05) is 27.6 Å². The molecule has 0 aliphatic heterocycles. The van der Waals surface area contributed by atoms with Crippen LogP contribution in [0.15, 0.2) is 24.3 Å². The van der Waals surface area contributed by atoms with Crippen LogP contribution in [-0.2, 0) is 0 Å². The van der Waals surface area contributed by atoms with Crippen molar-refractivity contribution in [1.29, 1.82) is 0 Å². The van der Waals surface area contributed by atoms with Crippen LogP contribution in [0.25, 0.3) is 0 Å². The van der Waals surface area contributed by atoms with Gasteiger partial charge in [-0.25, -0.2) is 0 Å². The minimum atomic E-state index is 0.754. The summed E-state index contributed by atoms with van der Waals surface area (Å²) in [7, 11) is 0. The van der Waals surface area contributed by atoms with E-state index in [9.17, 15) is 0 Å². The number of benzene rings is 1. The van der Waals surface area contributed by atoms with Gasteiger partial charge in [0.15, 0.2) is 0 Å². The van der Waals surface area contributed by atoms with Crippen molar-refractivity contribution in [3.05, 3.63) is 41.3 Å². The summed E-state index contributed by atoms with van der Waals surface area (Å²) < 4.78 is 2.76. The van der Waals surface area contributed by atoms with Crippen molar-refractivity contribution in [2.45, 2.75) is 0 Å². The minimum absolute atomic E-state index is 0.754. The molecule has 0 saturated carbocycles. The lowest BCUT2D eigenvalue weighted by Crippen LogP contribution is -1.75. The van der Waals surface area contributed by atoms with Crippen molar-refractivity contribution in [3.8, 4) is 9.85 Å². The molecule has 1 radical (unpaired) electrons. The SMILES string of the molecule is Clc1ccc([CH]C#CI)cc1. The summed E-state index contributed by atoms with van der Waals surface area (Å²) in [5.41, 5.74) is 1.08. The van der Waals surface area contributed by atoms with Gasteiger partial charge in [-0.15, -0.1) is 0 Å². The molecule has 1 aromatic carbocycles. The zero-order chi connectivity index (χ0) is 8.10. The molecule has 0 unspecified atom stereocenters. The fraction of sp³-hybridized carbons (Fsp3) is 0. The van der Waals surface area contributed by atoms with E-state index in [1.807, 2.05) is 53.3 Å². The highest BCUT2D eigenvalue weighted by molar-refractivity contribution is 14.1. The average Bonchev–Trinajstić information content (AvgIpc) is 2.04. The Morgan fingerprint density at radius 3 is 2.45 bits per heavy atom. The van der Waals surface area contributed by atoms with Gasteiger partial charge >= 0.3 is 0 Å². The quantitative estimate of drug-likeness (QED) is 0.545. The molecule has 0 nitrogen and oxygen atoms in total. The first-order valence-corrected chi connectivity index (χ1v) is 4.48. The van der Waals surface area contributed by atoms with Crippen LogP contribution in [0, 0.1) is 16.3 Å². The Balaban J connectivity index is 2.71. The maximum absolute atomic E-state index is 5.69. The van der Waals surface area contributed by atoms with E-state index in [1.165, 1.54) is 0 Å². The van der Waals surface area contributed by atoms with Crippen molar-refractivity contribution in [1.82, 2.24) is 0 Å². The van der Waals surface area contributed by atoms with Crippen molar-refractivity contribution in [2.75, 3.05) is 0 Å². The van der Waals surface area contributed by atoms with Crippen molar-refractivity contribution in [3.63, 3.8) is 0 Å². The molecular weight excluding hydrogens is 270 g/mol. The Morgan fingerprint density at radius 1 is 1.27 bits per heavy atom. The standard InChI is InChI=1S/C9H5ClI/c10-9-5-3-8(4-6-9)2-1-7-11/h2-6H. The van der Waals surface area contributed by atoms with Crippen molar-refractivity contribution in [2.24, 2.45) is 0 Å². The van der Waals surface area contributed by atoms with Gasteiger partial charge < -0.3 is 0 Å². The van der Waals surface area contributed by atoms with Crippen LogP contribution < -0.4 is 0 Å². The molecule has 11 heavy (non-hydrogen) atoms. The van der Waals surface area contributed by atoms with E-state index in [-0.39, 0.29) is 0 Å². The maximum Gasteiger partial charge on any atom is 0.0639 e. The molecular formula is C9H5ClI. The summed E-state index contributed by atoms with van der Waals surface area (Å²) in [6, 6.07) is 7.57. The Kier molecular flexibility index (Phi) is 3.74. The van der Waals surface area contributed by atoms with E-state index < -0.39 is 0 Å². The first kappa shape index (κ1) is 8.89. The van der Waals surface area contributed by atoms with E-state index in [2.05, 4.69) is 9.85 Å². The summed E-state index contributed by atoms with van der Waals surface area (Å²) in [6.45, 7) is 0. The smallest absolute Gasteiger partial charge is 0.0639 e. The molecule has 55 valence electrons. The topological polar surface area (TPSA) is 0 Å². The lowest BCUT2D eigenvalue weighted by Gasteiger charge is -1.92. The first-order chi connectivity index (χ1) is 5.33. The summed E-state index contributed by atoms with van der Waals surface area (Å²) in [5, 5.41) is 0.754. The third-order valence-corrected chi connectivity index (χ3v) is 1.73. The second-order valence-electron chi connectivity index (χ2n) is 1.93. The molecule has 0 aromatic heterocycles. The summed E-state index contributed by atoms with van der Waals surface area (Å²) in [4.78, 5) is 0. The van der Waals surface area contributed by atoms with Gasteiger partial charge in [-0.1, -0.05) is 29.7 Å². The molecule has 0 fully saturated rings. The largest absolute Gasteiger partial charge is 0.0843 e. The highest BCUT2D eigenvalue weighted by Gasteiger charge is 1.89. The lowest BCUT2D eigenvalue weighted by atomic mass is 10.2. The predicted molar refractivity (Wildman–Crippen MR) is 56.7 cm³/mol. The molecule has 0 saturated heterocycles. The number of rotatable bonds is 1. The molecule has 0 amide bonds. The van der Waals surface area contributed by atoms with Crippen LogP contribution in [0.1, 0.15) is 5.56 Å². The Labute approximate surface area is 85.1 Å². The molecule has 0 heterocycles. The van der Waals surface area contributed by atoms with Gasteiger partial charge in [0.25, 0.3) is 0 Å². The Bertz CT molecular complexity index is 279. The lowest BCUT2D eigenvalue weighted by molar-refractivity contribution is 1.55. The van der Waals surface area contributed by atoms with Gasteiger partial charge in [-0.05, 0) is 21.6 Å². The number of halogens is 2. The average molecular weight is 275 g/mol. The van der Waals surface area contributed by atoms with E-state index in [0.717, 1.165) is 10.6 Å². The number of hydrogen-bond donors (Lipinski definition) is 0. The molecule has 0 spiro atoms. The van der Waals surface area contributed by atoms with Gasteiger partial charge in [0.2, 0.25) is 0 Å². The van der Waals surface area contributed by atoms with E-state index in [1.54, 1.807) is 0 Å². The van der Waals surface area contributed by atoms with Gasteiger partial charge in [-0.3, -0.25) is 0 Å². The fourth-order valence-corrected chi connectivity index (χ4v) is 0.951. The minimum Gasteiger partial charge on any atom is -0.0843 e. The van der Waals surface area contributed by atoms with E-state index >= 15 is 0 Å². The molecule has 0 atom stereocenters. The van der Waals surface area contributed by atoms with Gasteiger partial charge in [0.05, 0.1) is 6.42 Å². The van der Waals surface area contributed by atoms with Crippen LogP contribution in [0.2, 0.25) is 5.02 Å². The highest BCUT2D eigenvalue weighted by atomic mass is 127. The zero-order valence-electron chi connectivity index (χ0n) is 5.64. The van der Waals surface area contributed by atoms with Crippen molar-refractivity contribution >= 4 is 34.2 Å². The highest BCUT2D eigenvalue weighted by Crippen LogP contribution is 2.10. The van der Waals surface area contributed by atoms with Crippen LogP contribution in [0.5, 0.6) is 0 Å². The third kappa shape index (κ3) is 3.13. The normalized spacial score (nSPS) is 8.55. The summed E-state index contributed by atoms with van der Waals surface area (Å²) in [5.74, 6) is 2.85. The fourth-order valence-electron chi connectivity index (χ4n) is 0.670. The third-order valence-electron chi connectivity index (χ3n) is 1.16. The van der Waals surface area contributed by atoms with E-state index in [0.29, 0.717) is 0 Å². The van der Waals surface area contributed by atoms with Gasteiger partial charge in [-0.2, -0.15) is 0 Å². The predicted octanol–water partition coefficient (Wildman–Crippen LogP) is 3.29. The van der Waals surface area contributed by atoms with Crippen LogP contribution in [0.3, 0.4) is 0 Å². The molecule has 0 bridgehead atoms. The van der Waals surface area contributed by atoms with Crippen LogP contribution >= 0.6 is 34.2 Å². The molecule has 2 heteroatoms. The van der Waals surface area contributed by atoms with Crippen LogP contribution in [-0.4, -0.2) is 0 Å². The summed E-state index contributed by atoms with van der Waals surface area (Å²) in [6.07, 6.45) is 1.85. The maximum atomic E-state index is 5.69. The second-order valence-corrected chi connectivity index (χ2v) is 2.91. The Morgan fingerprint density at radius 2 is 1.91 bits per heavy atom. The zero-order valence-corrected chi connectivity index (χ0v) is 8.56. The molecule has 0 N–H and O–H groups in total. The first-order valence-electron chi connectivity index (χ1n) is 3.03. The van der Waals surface area contributed by atoms with E-state index in [4.69, 9.17) is 11.6 Å². The number of hydrogen-bond acceptors (Lipinski definition) is 0. The molecule has 1 rings (SSSR count). The Hall–Kier alpha value is -0.200. The second kappa shape index (κ2) is 4.63. The summed E-state index contributed by atoms with van der Waals surface area (Å²) >= 11 is 7.70.